The maximum atomic E-state index is 12.6. The molecule has 5 nitrogen and oxygen atoms in total. The van der Waals surface area contributed by atoms with Gasteiger partial charge in [-0.2, -0.15) is 0 Å². The molecule has 6 heteroatoms. The minimum atomic E-state index is -0.271. The molecule has 0 radical (unpaired) electrons. The van der Waals surface area contributed by atoms with E-state index in [1.165, 1.54) is 43.5 Å². The number of carbonyl (C=O) groups is 1. The molecule has 4 bridgehead atoms. The Morgan fingerprint density at radius 1 is 1.07 bits per heavy atom. The maximum absolute atomic E-state index is 12.6. The summed E-state index contributed by atoms with van der Waals surface area (Å²) in [6.45, 7) is 3.40. The molecule has 6 aliphatic rings. The van der Waals surface area contributed by atoms with Crippen LogP contribution in [0.5, 0.6) is 0 Å². The van der Waals surface area contributed by atoms with E-state index >= 15 is 0 Å². The molecule has 1 saturated heterocycles. The monoisotopic (exact) mass is 398 g/mol. The van der Waals surface area contributed by atoms with Crippen molar-refractivity contribution < 1.29 is 14.3 Å². The molecular formula is C22H26N2O3S. The lowest BCUT2D eigenvalue weighted by Crippen LogP contribution is -2.50. The van der Waals surface area contributed by atoms with Gasteiger partial charge in [0.2, 0.25) is 5.90 Å². The van der Waals surface area contributed by atoms with Crippen molar-refractivity contribution in [1.82, 2.24) is 0 Å². The number of thiophene rings is 1. The zero-order valence-electron chi connectivity index (χ0n) is 16.1. The van der Waals surface area contributed by atoms with Gasteiger partial charge in [0.05, 0.1) is 18.2 Å². The zero-order valence-corrected chi connectivity index (χ0v) is 16.9. The molecule has 2 aliphatic heterocycles. The molecule has 148 valence electrons. The topological polar surface area (TPSA) is 51.1 Å². The van der Waals surface area contributed by atoms with Crippen molar-refractivity contribution in [3.05, 3.63) is 22.7 Å². The van der Waals surface area contributed by atoms with Gasteiger partial charge >= 0.3 is 5.97 Å². The molecule has 0 unspecified atom stereocenters. The van der Waals surface area contributed by atoms with E-state index in [-0.39, 0.29) is 11.4 Å². The number of hydrogen-bond donors (Lipinski definition) is 0. The molecule has 0 N–H and O–H groups in total. The second kappa shape index (κ2) is 6.42. The second-order valence-corrected chi connectivity index (χ2v) is 10.4. The van der Waals surface area contributed by atoms with Crippen LogP contribution in [0.2, 0.25) is 0 Å². The third-order valence-electron chi connectivity index (χ3n) is 7.33. The predicted molar refractivity (Wildman–Crippen MR) is 109 cm³/mol. The molecule has 5 fully saturated rings. The van der Waals surface area contributed by atoms with E-state index in [1.54, 1.807) is 11.3 Å². The first kappa shape index (κ1) is 17.2. The van der Waals surface area contributed by atoms with Crippen LogP contribution in [0.25, 0.3) is 6.08 Å². The summed E-state index contributed by atoms with van der Waals surface area (Å²) in [5, 5.41) is 1.23. The third-order valence-corrected chi connectivity index (χ3v) is 8.42. The van der Waals surface area contributed by atoms with Crippen molar-refractivity contribution in [3.63, 3.8) is 0 Å². The quantitative estimate of drug-likeness (QED) is 0.568. The summed E-state index contributed by atoms with van der Waals surface area (Å²) >= 11 is 1.71. The Morgan fingerprint density at radius 3 is 2.43 bits per heavy atom. The van der Waals surface area contributed by atoms with Gasteiger partial charge in [0.1, 0.15) is 0 Å². The number of hydrogen-bond acceptors (Lipinski definition) is 6. The highest BCUT2D eigenvalue weighted by Gasteiger charge is 2.55. The molecule has 4 saturated carbocycles. The van der Waals surface area contributed by atoms with Crippen LogP contribution in [0.1, 0.15) is 43.4 Å². The third kappa shape index (κ3) is 2.84. The minimum Gasteiger partial charge on any atom is -0.406 e. The minimum absolute atomic E-state index is 0.0361. The SMILES string of the molecule is O=C1OC(C23CC4CC(CC(C4)C2)C3)=N/C1=C\c1ccc(N2CCOCC2)s1. The Bertz CT molecular complexity index is 830. The standard InChI is InChI=1S/C22H26N2O3S/c25-20-18(10-17-1-2-19(28-17)24-3-5-26-6-4-24)23-21(27-20)22-11-14-7-15(12-22)9-16(8-14)13-22/h1-2,10,14-16H,3-9,11-13H2/b18-10-. The molecule has 0 aromatic carbocycles. The highest BCUT2D eigenvalue weighted by Crippen LogP contribution is 2.61. The van der Waals surface area contributed by atoms with Crippen molar-refractivity contribution in [1.29, 1.82) is 0 Å². The first-order chi connectivity index (χ1) is 13.7. The van der Waals surface area contributed by atoms with Crippen LogP contribution in [-0.2, 0) is 14.3 Å². The number of carbonyl (C=O) groups excluding carboxylic acids is 1. The maximum Gasteiger partial charge on any atom is 0.363 e. The zero-order chi connectivity index (χ0) is 18.7. The predicted octanol–water partition coefficient (Wildman–Crippen LogP) is 4.10. The highest BCUT2D eigenvalue weighted by molar-refractivity contribution is 7.16. The summed E-state index contributed by atoms with van der Waals surface area (Å²) in [6, 6.07) is 4.21. The summed E-state index contributed by atoms with van der Waals surface area (Å²) in [7, 11) is 0. The van der Waals surface area contributed by atoms with Gasteiger partial charge in [0.15, 0.2) is 5.70 Å². The second-order valence-electron chi connectivity index (χ2n) is 9.31. The Hall–Kier alpha value is -1.66. The summed E-state index contributed by atoms with van der Waals surface area (Å²) in [4.78, 5) is 20.7. The average Bonchev–Trinajstić information content (AvgIpc) is 3.29. The van der Waals surface area contributed by atoms with E-state index < -0.39 is 0 Å². The number of ether oxygens (including phenoxy) is 2. The number of nitrogens with zero attached hydrogens (tertiary/aromatic N) is 2. The van der Waals surface area contributed by atoms with Crippen molar-refractivity contribution in [3.8, 4) is 0 Å². The van der Waals surface area contributed by atoms with Crippen LogP contribution < -0.4 is 4.90 Å². The van der Waals surface area contributed by atoms with Crippen LogP contribution in [0.15, 0.2) is 22.8 Å². The number of cyclic esters (lactones) is 1. The molecule has 0 atom stereocenters. The van der Waals surface area contributed by atoms with Gasteiger partial charge in [-0.3, -0.25) is 0 Å². The van der Waals surface area contributed by atoms with Crippen LogP contribution in [-0.4, -0.2) is 38.2 Å². The largest absolute Gasteiger partial charge is 0.406 e. The Labute approximate surface area is 169 Å². The number of morpholine rings is 1. The van der Waals surface area contributed by atoms with Crippen LogP contribution >= 0.6 is 11.3 Å². The van der Waals surface area contributed by atoms with E-state index in [2.05, 4.69) is 17.0 Å². The van der Waals surface area contributed by atoms with Crippen molar-refractivity contribution >= 4 is 34.3 Å². The Morgan fingerprint density at radius 2 is 1.75 bits per heavy atom. The number of esters is 1. The van der Waals surface area contributed by atoms with E-state index in [1.807, 2.05) is 6.08 Å². The molecule has 4 aliphatic carbocycles. The van der Waals surface area contributed by atoms with Crippen LogP contribution in [0, 0.1) is 23.2 Å². The molecule has 28 heavy (non-hydrogen) atoms. The summed E-state index contributed by atoms with van der Waals surface area (Å²) in [6.07, 6.45) is 9.54. The highest BCUT2D eigenvalue weighted by atomic mass is 32.1. The lowest BCUT2D eigenvalue weighted by Gasteiger charge is -2.55. The fourth-order valence-corrected chi connectivity index (χ4v) is 7.51. The first-order valence-corrected chi connectivity index (χ1v) is 11.4. The Kier molecular flexibility index (Phi) is 3.95. The van der Waals surface area contributed by atoms with Crippen molar-refractivity contribution in [2.75, 3.05) is 31.2 Å². The van der Waals surface area contributed by atoms with Gasteiger partial charge in [-0.05, 0) is 74.5 Å². The van der Waals surface area contributed by atoms with Gasteiger partial charge in [-0.25, -0.2) is 9.79 Å². The van der Waals surface area contributed by atoms with Crippen molar-refractivity contribution in [2.45, 2.75) is 38.5 Å². The smallest absolute Gasteiger partial charge is 0.363 e. The Balaban J connectivity index is 1.25. The summed E-state index contributed by atoms with van der Waals surface area (Å²) in [5.74, 6) is 2.90. The van der Waals surface area contributed by atoms with Crippen LogP contribution in [0.3, 0.4) is 0 Å². The van der Waals surface area contributed by atoms with Crippen LogP contribution in [0.4, 0.5) is 5.00 Å². The van der Waals surface area contributed by atoms with Gasteiger partial charge in [0, 0.05) is 23.4 Å². The molecule has 1 aromatic rings. The fourth-order valence-electron chi connectivity index (χ4n) is 6.52. The summed E-state index contributed by atoms with van der Waals surface area (Å²) < 4.78 is 11.2. The van der Waals surface area contributed by atoms with Gasteiger partial charge in [-0.15, -0.1) is 11.3 Å². The van der Waals surface area contributed by atoms with E-state index in [0.29, 0.717) is 5.70 Å². The molecular weight excluding hydrogens is 372 g/mol. The van der Waals surface area contributed by atoms with E-state index in [9.17, 15) is 4.79 Å². The van der Waals surface area contributed by atoms with E-state index in [0.717, 1.165) is 54.8 Å². The summed E-state index contributed by atoms with van der Waals surface area (Å²) in [5.41, 5.74) is 0.509. The normalized spacial score (nSPS) is 38.2. The lowest BCUT2D eigenvalue weighted by molar-refractivity contribution is -0.131. The number of rotatable bonds is 3. The lowest BCUT2D eigenvalue weighted by atomic mass is 9.49. The average molecular weight is 399 g/mol. The molecule has 7 rings (SSSR count). The number of aliphatic imine (C=N–C) groups is 1. The molecule has 0 amide bonds. The molecule has 1 aromatic heterocycles. The molecule has 0 spiro atoms. The number of anilines is 1. The van der Waals surface area contributed by atoms with Crippen molar-refractivity contribution in [2.24, 2.45) is 28.2 Å². The van der Waals surface area contributed by atoms with E-state index in [4.69, 9.17) is 14.5 Å². The first-order valence-electron chi connectivity index (χ1n) is 10.6. The molecule has 3 heterocycles. The fraction of sp³-hybridized carbons (Fsp3) is 0.636. The van der Waals surface area contributed by atoms with Gasteiger partial charge in [0.25, 0.3) is 0 Å². The van der Waals surface area contributed by atoms with Gasteiger partial charge in [-0.1, -0.05) is 0 Å². The van der Waals surface area contributed by atoms with Gasteiger partial charge < -0.3 is 14.4 Å².